The zero-order valence-electron chi connectivity index (χ0n) is 9.76. The van der Waals surface area contributed by atoms with Crippen molar-refractivity contribution in [2.24, 2.45) is 5.41 Å². The van der Waals surface area contributed by atoms with Gasteiger partial charge in [0.15, 0.2) is 6.29 Å². The Morgan fingerprint density at radius 1 is 1.15 bits per heavy atom. The summed E-state index contributed by atoms with van der Waals surface area (Å²) < 4.78 is 10.2. The van der Waals surface area contributed by atoms with Gasteiger partial charge in [-0.25, -0.2) is 0 Å². The van der Waals surface area contributed by atoms with Crippen LogP contribution >= 0.6 is 0 Å². The summed E-state index contributed by atoms with van der Waals surface area (Å²) in [6.45, 7) is 8.51. The fourth-order valence-electron chi connectivity index (χ4n) is 1.37. The number of nitrogens with zero attached hydrogens (tertiary/aromatic N) is 1. The van der Waals surface area contributed by atoms with E-state index in [0.29, 0.717) is 5.41 Å². The standard InChI is InChI=1S/C10H23NO2/c1-10(2,3)8-11(4)7-9(12-5)13-6/h9H,7-8H2,1-6H3. The van der Waals surface area contributed by atoms with E-state index in [1.54, 1.807) is 14.2 Å². The zero-order chi connectivity index (χ0) is 10.5. The van der Waals surface area contributed by atoms with Crippen molar-refractivity contribution in [1.82, 2.24) is 4.90 Å². The molecule has 0 N–H and O–H groups in total. The average molecular weight is 189 g/mol. The molecule has 0 aliphatic carbocycles. The van der Waals surface area contributed by atoms with Crippen molar-refractivity contribution in [2.45, 2.75) is 27.1 Å². The maximum Gasteiger partial charge on any atom is 0.169 e. The predicted octanol–water partition coefficient (Wildman–Crippen LogP) is 1.58. The smallest absolute Gasteiger partial charge is 0.169 e. The van der Waals surface area contributed by atoms with Crippen molar-refractivity contribution in [3.05, 3.63) is 0 Å². The van der Waals surface area contributed by atoms with E-state index in [9.17, 15) is 0 Å². The molecule has 0 rings (SSSR count). The number of ether oxygens (including phenoxy) is 2. The fourth-order valence-corrected chi connectivity index (χ4v) is 1.37. The normalized spacial score (nSPS) is 12.9. The van der Waals surface area contributed by atoms with Gasteiger partial charge in [-0.1, -0.05) is 20.8 Å². The van der Waals surface area contributed by atoms with Gasteiger partial charge in [0.2, 0.25) is 0 Å². The summed E-state index contributed by atoms with van der Waals surface area (Å²) in [5.41, 5.74) is 0.320. The van der Waals surface area contributed by atoms with Gasteiger partial charge in [-0.15, -0.1) is 0 Å². The molecule has 0 aromatic carbocycles. The first-order chi connectivity index (χ1) is 5.89. The fraction of sp³-hybridized carbons (Fsp3) is 1.00. The van der Waals surface area contributed by atoms with E-state index >= 15 is 0 Å². The molecule has 3 heteroatoms. The van der Waals surface area contributed by atoms with Crippen LogP contribution in [0.5, 0.6) is 0 Å². The van der Waals surface area contributed by atoms with Crippen LogP contribution in [-0.2, 0) is 9.47 Å². The molecule has 0 aliphatic rings. The van der Waals surface area contributed by atoms with Gasteiger partial charge in [0.1, 0.15) is 0 Å². The molecule has 0 spiro atoms. The van der Waals surface area contributed by atoms with E-state index in [-0.39, 0.29) is 6.29 Å². The van der Waals surface area contributed by atoms with E-state index in [0.717, 1.165) is 13.1 Å². The van der Waals surface area contributed by atoms with Crippen LogP contribution in [0.1, 0.15) is 20.8 Å². The molecule has 0 saturated heterocycles. The lowest BCUT2D eigenvalue weighted by Gasteiger charge is -2.28. The second-order valence-electron chi connectivity index (χ2n) is 4.66. The van der Waals surface area contributed by atoms with Gasteiger partial charge in [-0.05, 0) is 12.5 Å². The highest BCUT2D eigenvalue weighted by Crippen LogP contribution is 2.14. The highest BCUT2D eigenvalue weighted by atomic mass is 16.7. The quantitative estimate of drug-likeness (QED) is 0.613. The first-order valence-corrected chi connectivity index (χ1v) is 4.63. The molecule has 3 nitrogen and oxygen atoms in total. The Kier molecular flexibility index (Phi) is 5.53. The lowest BCUT2D eigenvalue weighted by atomic mass is 9.96. The molecule has 0 saturated carbocycles. The SMILES string of the molecule is COC(CN(C)CC(C)(C)C)OC. The molecule has 0 heterocycles. The van der Waals surface area contributed by atoms with Crippen LogP contribution in [0.25, 0.3) is 0 Å². The molecule has 0 amide bonds. The highest BCUT2D eigenvalue weighted by molar-refractivity contribution is 4.67. The number of hydrogen-bond acceptors (Lipinski definition) is 3. The first kappa shape index (κ1) is 12.9. The summed E-state index contributed by atoms with van der Waals surface area (Å²) in [5, 5.41) is 0. The molecular weight excluding hydrogens is 166 g/mol. The van der Waals surface area contributed by atoms with Crippen molar-refractivity contribution >= 4 is 0 Å². The molecule has 0 aromatic heterocycles. The third-order valence-electron chi connectivity index (χ3n) is 1.73. The minimum absolute atomic E-state index is 0.118. The summed E-state index contributed by atoms with van der Waals surface area (Å²) in [7, 11) is 5.41. The van der Waals surface area contributed by atoms with Crippen LogP contribution in [0, 0.1) is 5.41 Å². The van der Waals surface area contributed by atoms with Gasteiger partial charge >= 0.3 is 0 Å². The Morgan fingerprint density at radius 3 is 1.92 bits per heavy atom. The van der Waals surface area contributed by atoms with E-state index in [4.69, 9.17) is 9.47 Å². The lowest BCUT2D eigenvalue weighted by molar-refractivity contribution is -0.115. The summed E-state index contributed by atoms with van der Waals surface area (Å²) in [4.78, 5) is 2.22. The number of rotatable bonds is 5. The number of methoxy groups -OCH3 is 2. The minimum Gasteiger partial charge on any atom is -0.355 e. The highest BCUT2D eigenvalue weighted by Gasteiger charge is 2.16. The molecular formula is C10H23NO2. The van der Waals surface area contributed by atoms with Crippen LogP contribution in [-0.4, -0.2) is 45.5 Å². The zero-order valence-corrected chi connectivity index (χ0v) is 9.76. The van der Waals surface area contributed by atoms with E-state index < -0.39 is 0 Å². The topological polar surface area (TPSA) is 21.7 Å². The van der Waals surface area contributed by atoms with Gasteiger partial charge in [0.05, 0.1) is 0 Å². The largest absolute Gasteiger partial charge is 0.355 e. The van der Waals surface area contributed by atoms with Gasteiger partial charge in [-0.2, -0.15) is 0 Å². The molecule has 0 atom stereocenters. The van der Waals surface area contributed by atoms with Crippen molar-refractivity contribution in [3.8, 4) is 0 Å². The number of hydrogen-bond donors (Lipinski definition) is 0. The molecule has 0 unspecified atom stereocenters. The van der Waals surface area contributed by atoms with Crippen LogP contribution in [0.4, 0.5) is 0 Å². The second-order valence-corrected chi connectivity index (χ2v) is 4.66. The molecule has 0 bridgehead atoms. The Labute approximate surface area is 82.0 Å². The predicted molar refractivity (Wildman–Crippen MR) is 54.8 cm³/mol. The molecule has 13 heavy (non-hydrogen) atoms. The Balaban J connectivity index is 3.79. The van der Waals surface area contributed by atoms with Gasteiger partial charge in [-0.3, -0.25) is 0 Å². The van der Waals surface area contributed by atoms with Gasteiger partial charge in [0, 0.05) is 27.3 Å². The Morgan fingerprint density at radius 2 is 1.62 bits per heavy atom. The first-order valence-electron chi connectivity index (χ1n) is 4.63. The number of likely N-dealkylation sites (N-methyl/N-ethyl adjacent to an activating group) is 1. The average Bonchev–Trinajstić information content (AvgIpc) is 1.96. The van der Waals surface area contributed by atoms with Gasteiger partial charge < -0.3 is 14.4 Å². The van der Waals surface area contributed by atoms with Gasteiger partial charge in [0.25, 0.3) is 0 Å². The third kappa shape index (κ3) is 6.99. The van der Waals surface area contributed by atoms with E-state index in [2.05, 4.69) is 32.7 Å². The molecule has 0 radical (unpaired) electrons. The Bertz CT molecular complexity index is 127. The molecule has 0 aromatic rings. The Hall–Kier alpha value is -0.120. The molecule has 0 aliphatic heterocycles. The van der Waals surface area contributed by atoms with Crippen molar-refractivity contribution in [2.75, 3.05) is 34.4 Å². The maximum atomic E-state index is 5.12. The monoisotopic (exact) mass is 189 g/mol. The van der Waals surface area contributed by atoms with Crippen LogP contribution < -0.4 is 0 Å². The summed E-state index contributed by atoms with van der Waals surface area (Å²) >= 11 is 0. The van der Waals surface area contributed by atoms with Crippen molar-refractivity contribution < 1.29 is 9.47 Å². The summed E-state index contributed by atoms with van der Waals surface area (Å²) in [6, 6.07) is 0. The van der Waals surface area contributed by atoms with E-state index in [1.807, 2.05) is 0 Å². The minimum atomic E-state index is -0.118. The van der Waals surface area contributed by atoms with Crippen molar-refractivity contribution in [1.29, 1.82) is 0 Å². The van der Waals surface area contributed by atoms with Crippen LogP contribution in [0.2, 0.25) is 0 Å². The van der Waals surface area contributed by atoms with Crippen LogP contribution in [0.3, 0.4) is 0 Å². The molecule has 0 fully saturated rings. The van der Waals surface area contributed by atoms with E-state index in [1.165, 1.54) is 0 Å². The summed E-state index contributed by atoms with van der Waals surface area (Å²) in [6.07, 6.45) is -0.118. The second kappa shape index (κ2) is 5.58. The van der Waals surface area contributed by atoms with Crippen molar-refractivity contribution in [3.63, 3.8) is 0 Å². The third-order valence-corrected chi connectivity index (χ3v) is 1.73. The van der Waals surface area contributed by atoms with Crippen LogP contribution in [0.15, 0.2) is 0 Å². The maximum absolute atomic E-state index is 5.12. The lowest BCUT2D eigenvalue weighted by Crippen LogP contribution is -2.36. The summed E-state index contributed by atoms with van der Waals surface area (Å²) in [5.74, 6) is 0. The molecule has 80 valence electrons.